The standard InChI is InChI=1S/C14H20O4/c1-11(2)9-17-7-8-18-10-12-3-5-13(6-4-12)14(15)16/h3-6,11H,7-10H2,1-2H3,(H,15,16). The fourth-order valence-corrected chi connectivity index (χ4v) is 1.37. The molecule has 0 amide bonds. The molecule has 0 radical (unpaired) electrons. The zero-order valence-corrected chi connectivity index (χ0v) is 10.9. The van der Waals surface area contributed by atoms with Gasteiger partial charge in [0.05, 0.1) is 25.4 Å². The summed E-state index contributed by atoms with van der Waals surface area (Å²) in [5.74, 6) is -0.377. The molecule has 4 nitrogen and oxygen atoms in total. The third-order valence-electron chi connectivity index (χ3n) is 2.29. The molecule has 1 aromatic carbocycles. The largest absolute Gasteiger partial charge is 0.478 e. The Labute approximate surface area is 108 Å². The normalized spacial score (nSPS) is 10.8. The van der Waals surface area contributed by atoms with Gasteiger partial charge < -0.3 is 14.6 Å². The first-order valence-electron chi connectivity index (χ1n) is 6.07. The summed E-state index contributed by atoms with van der Waals surface area (Å²) < 4.78 is 10.8. The molecular formula is C14H20O4. The van der Waals surface area contributed by atoms with E-state index in [0.717, 1.165) is 12.2 Å². The highest BCUT2D eigenvalue weighted by Gasteiger charge is 2.01. The molecule has 0 aliphatic heterocycles. The molecule has 0 heterocycles. The minimum Gasteiger partial charge on any atom is -0.478 e. The summed E-state index contributed by atoms with van der Waals surface area (Å²) in [5.41, 5.74) is 1.25. The lowest BCUT2D eigenvalue weighted by Gasteiger charge is -2.07. The maximum atomic E-state index is 10.7. The molecule has 1 aromatic rings. The molecule has 0 saturated heterocycles. The third kappa shape index (κ3) is 5.80. The lowest BCUT2D eigenvalue weighted by molar-refractivity contribution is 0.0314. The number of carboxylic acid groups (broad SMARTS) is 1. The molecule has 1 N–H and O–H groups in total. The SMILES string of the molecule is CC(C)COCCOCc1ccc(C(=O)O)cc1. The number of carbonyl (C=O) groups is 1. The zero-order valence-electron chi connectivity index (χ0n) is 10.9. The number of benzene rings is 1. The number of hydrogen-bond acceptors (Lipinski definition) is 3. The van der Waals surface area contributed by atoms with Crippen molar-refractivity contribution in [3.8, 4) is 0 Å². The van der Waals surface area contributed by atoms with Crippen molar-refractivity contribution in [2.45, 2.75) is 20.5 Å². The van der Waals surface area contributed by atoms with E-state index in [4.69, 9.17) is 14.6 Å². The number of rotatable bonds is 8. The first kappa shape index (κ1) is 14.7. The van der Waals surface area contributed by atoms with Crippen LogP contribution in [-0.2, 0) is 16.1 Å². The minimum atomic E-state index is -0.912. The number of aromatic carboxylic acids is 1. The van der Waals surface area contributed by atoms with Crippen molar-refractivity contribution >= 4 is 5.97 Å². The fourth-order valence-electron chi connectivity index (χ4n) is 1.37. The maximum Gasteiger partial charge on any atom is 0.335 e. The van der Waals surface area contributed by atoms with Gasteiger partial charge in [-0.3, -0.25) is 0 Å². The van der Waals surface area contributed by atoms with E-state index in [9.17, 15) is 4.79 Å². The van der Waals surface area contributed by atoms with Gasteiger partial charge in [0, 0.05) is 6.61 Å². The smallest absolute Gasteiger partial charge is 0.335 e. The van der Waals surface area contributed by atoms with E-state index in [0.29, 0.717) is 31.3 Å². The van der Waals surface area contributed by atoms with E-state index in [1.165, 1.54) is 0 Å². The summed E-state index contributed by atoms with van der Waals surface area (Å²) in [6, 6.07) is 6.68. The van der Waals surface area contributed by atoms with Crippen LogP contribution >= 0.6 is 0 Å². The average Bonchev–Trinajstić information content (AvgIpc) is 2.34. The highest BCUT2D eigenvalue weighted by molar-refractivity contribution is 5.87. The quantitative estimate of drug-likeness (QED) is 0.722. The van der Waals surface area contributed by atoms with Crippen LogP contribution < -0.4 is 0 Å². The Morgan fingerprint density at radius 2 is 1.78 bits per heavy atom. The highest BCUT2D eigenvalue weighted by atomic mass is 16.5. The summed E-state index contributed by atoms with van der Waals surface area (Å²) in [6.07, 6.45) is 0. The molecule has 0 atom stereocenters. The third-order valence-corrected chi connectivity index (χ3v) is 2.29. The van der Waals surface area contributed by atoms with Gasteiger partial charge in [0.15, 0.2) is 0 Å². The van der Waals surface area contributed by atoms with Crippen molar-refractivity contribution in [2.24, 2.45) is 5.92 Å². The minimum absolute atomic E-state index is 0.291. The number of ether oxygens (including phenoxy) is 2. The molecule has 0 aromatic heterocycles. The van der Waals surface area contributed by atoms with Crippen LogP contribution in [0.2, 0.25) is 0 Å². The van der Waals surface area contributed by atoms with Crippen molar-refractivity contribution in [1.82, 2.24) is 0 Å². The monoisotopic (exact) mass is 252 g/mol. The highest BCUT2D eigenvalue weighted by Crippen LogP contribution is 2.05. The number of carboxylic acids is 1. The van der Waals surface area contributed by atoms with Crippen LogP contribution in [0.4, 0.5) is 0 Å². The van der Waals surface area contributed by atoms with Crippen molar-refractivity contribution in [1.29, 1.82) is 0 Å². The fraction of sp³-hybridized carbons (Fsp3) is 0.500. The average molecular weight is 252 g/mol. The molecule has 0 aliphatic carbocycles. The molecule has 0 fully saturated rings. The van der Waals surface area contributed by atoms with E-state index >= 15 is 0 Å². The second-order valence-corrected chi connectivity index (χ2v) is 4.52. The number of hydrogen-bond donors (Lipinski definition) is 1. The van der Waals surface area contributed by atoms with Crippen LogP contribution in [0.15, 0.2) is 24.3 Å². The van der Waals surface area contributed by atoms with Crippen molar-refractivity contribution in [3.05, 3.63) is 35.4 Å². The van der Waals surface area contributed by atoms with Crippen molar-refractivity contribution in [2.75, 3.05) is 19.8 Å². The molecule has 100 valence electrons. The summed E-state index contributed by atoms with van der Waals surface area (Å²) >= 11 is 0. The molecule has 0 spiro atoms. The Hall–Kier alpha value is -1.39. The topological polar surface area (TPSA) is 55.8 Å². The predicted molar refractivity (Wildman–Crippen MR) is 68.7 cm³/mol. The van der Waals surface area contributed by atoms with E-state index in [2.05, 4.69) is 13.8 Å². The van der Waals surface area contributed by atoms with Gasteiger partial charge in [0.25, 0.3) is 0 Å². The van der Waals surface area contributed by atoms with Crippen LogP contribution in [0, 0.1) is 5.92 Å². The lowest BCUT2D eigenvalue weighted by Crippen LogP contribution is -2.08. The molecule has 0 aliphatic rings. The van der Waals surface area contributed by atoms with E-state index in [-0.39, 0.29) is 0 Å². The van der Waals surface area contributed by atoms with E-state index in [1.54, 1.807) is 24.3 Å². The summed E-state index contributed by atoms with van der Waals surface area (Å²) in [4.78, 5) is 10.7. The van der Waals surface area contributed by atoms with Gasteiger partial charge in [-0.05, 0) is 23.6 Å². The van der Waals surface area contributed by atoms with Gasteiger partial charge in [0.1, 0.15) is 0 Å². The van der Waals surface area contributed by atoms with Crippen molar-refractivity contribution < 1.29 is 19.4 Å². The van der Waals surface area contributed by atoms with E-state index < -0.39 is 5.97 Å². The Morgan fingerprint density at radius 1 is 1.17 bits per heavy atom. The summed E-state index contributed by atoms with van der Waals surface area (Å²) in [7, 11) is 0. The summed E-state index contributed by atoms with van der Waals surface area (Å²) in [6.45, 7) is 6.57. The van der Waals surface area contributed by atoms with Gasteiger partial charge in [-0.2, -0.15) is 0 Å². The Bertz CT molecular complexity index is 357. The zero-order chi connectivity index (χ0) is 13.4. The second kappa shape index (κ2) is 7.84. The van der Waals surface area contributed by atoms with Gasteiger partial charge >= 0.3 is 5.97 Å². The molecule has 0 bridgehead atoms. The van der Waals surface area contributed by atoms with Crippen molar-refractivity contribution in [3.63, 3.8) is 0 Å². The van der Waals surface area contributed by atoms with Gasteiger partial charge in [-0.15, -0.1) is 0 Å². The van der Waals surface area contributed by atoms with Gasteiger partial charge in [-0.25, -0.2) is 4.79 Å². The molecule has 0 unspecified atom stereocenters. The molecule has 4 heteroatoms. The Balaban J connectivity index is 2.17. The molecular weight excluding hydrogens is 232 g/mol. The van der Waals surface area contributed by atoms with Gasteiger partial charge in [-0.1, -0.05) is 26.0 Å². The molecule has 0 saturated carbocycles. The first-order valence-corrected chi connectivity index (χ1v) is 6.07. The lowest BCUT2D eigenvalue weighted by atomic mass is 10.1. The van der Waals surface area contributed by atoms with Crippen LogP contribution in [-0.4, -0.2) is 30.9 Å². The maximum absolute atomic E-state index is 10.7. The van der Waals surface area contributed by atoms with E-state index in [1.807, 2.05) is 0 Å². The Morgan fingerprint density at radius 3 is 2.33 bits per heavy atom. The van der Waals surface area contributed by atoms with Crippen LogP contribution in [0.5, 0.6) is 0 Å². The van der Waals surface area contributed by atoms with Gasteiger partial charge in [0.2, 0.25) is 0 Å². The molecule has 18 heavy (non-hydrogen) atoms. The Kier molecular flexibility index (Phi) is 6.39. The van der Waals surface area contributed by atoms with Crippen LogP contribution in [0.3, 0.4) is 0 Å². The second-order valence-electron chi connectivity index (χ2n) is 4.52. The predicted octanol–water partition coefficient (Wildman–Crippen LogP) is 2.57. The van der Waals surface area contributed by atoms with Crippen LogP contribution in [0.1, 0.15) is 29.8 Å². The summed E-state index contributed by atoms with van der Waals surface area (Å²) in [5, 5.41) is 8.75. The molecule has 1 rings (SSSR count). The van der Waals surface area contributed by atoms with Crippen LogP contribution in [0.25, 0.3) is 0 Å². The first-order chi connectivity index (χ1) is 8.59.